The zero-order chi connectivity index (χ0) is 22.9. The van der Waals surface area contributed by atoms with Crippen LogP contribution in [0.1, 0.15) is 12.8 Å². The number of benzene rings is 3. The number of nitro benzene ring substituents is 1. The van der Waals surface area contributed by atoms with Crippen LogP contribution < -0.4 is 5.32 Å². The van der Waals surface area contributed by atoms with Crippen LogP contribution in [0.2, 0.25) is 5.02 Å². The maximum atomic E-state index is 13.0. The predicted molar refractivity (Wildman–Crippen MR) is 122 cm³/mol. The lowest BCUT2D eigenvalue weighted by Gasteiger charge is -2.30. The number of non-ortho nitro benzene ring substituents is 1. The maximum Gasteiger partial charge on any atom is 0.270 e. The molecule has 0 saturated carbocycles. The summed E-state index contributed by atoms with van der Waals surface area (Å²) >= 11 is 6.03. The number of carbonyl (C=O) groups excluding carboxylic acids is 1. The van der Waals surface area contributed by atoms with Gasteiger partial charge in [0.2, 0.25) is 15.9 Å². The quantitative estimate of drug-likeness (QED) is 0.435. The van der Waals surface area contributed by atoms with Crippen LogP contribution in [-0.4, -0.2) is 36.6 Å². The molecule has 3 aromatic carbocycles. The molecule has 8 nitrogen and oxygen atoms in total. The van der Waals surface area contributed by atoms with E-state index in [-0.39, 0.29) is 40.5 Å². The molecule has 0 aliphatic carbocycles. The summed E-state index contributed by atoms with van der Waals surface area (Å²) in [5, 5.41) is 15.9. The lowest BCUT2D eigenvalue weighted by molar-refractivity contribution is -0.385. The predicted octanol–water partition coefficient (Wildman–Crippen LogP) is 4.44. The van der Waals surface area contributed by atoms with Crippen molar-refractivity contribution < 1.29 is 18.1 Å². The van der Waals surface area contributed by atoms with Gasteiger partial charge in [0.25, 0.3) is 5.69 Å². The van der Waals surface area contributed by atoms with Crippen molar-refractivity contribution in [2.75, 3.05) is 18.4 Å². The smallest absolute Gasteiger partial charge is 0.270 e. The van der Waals surface area contributed by atoms with Gasteiger partial charge in [-0.15, -0.1) is 0 Å². The number of nitrogens with zero attached hydrogens (tertiary/aromatic N) is 2. The third-order valence-electron chi connectivity index (χ3n) is 5.62. The van der Waals surface area contributed by atoms with Crippen LogP contribution in [0, 0.1) is 16.0 Å². The molecular weight excluding hydrogens is 454 g/mol. The number of fused-ring (bicyclic) bond motifs is 1. The summed E-state index contributed by atoms with van der Waals surface area (Å²) in [6.07, 6.45) is 0.671. The number of nitrogens with one attached hydrogen (secondary N) is 1. The fourth-order valence-corrected chi connectivity index (χ4v) is 5.83. The Hall–Kier alpha value is -3.01. The Labute approximate surface area is 190 Å². The van der Waals surface area contributed by atoms with E-state index in [0.717, 1.165) is 22.9 Å². The Morgan fingerprint density at radius 3 is 2.47 bits per heavy atom. The molecule has 3 aromatic rings. The largest absolute Gasteiger partial charge is 0.325 e. The van der Waals surface area contributed by atoms with E-state index >= 15 is 0 Å². The Bertz CT molecular complexity index is 1300. The van der Waals surface area contributed by atoms with Crippen LogP contribution >= 0.6 is 11.6 Å². The minimum Gasteiger partial charge on any atom is -0.325 e. The second-order valence-electron chi connectivity index (χ2n) is 7.57. The van der Waals surface area contributed by atoms with Crippen LogP contribution in [0.15, 0.2) is 65.6 Å². The normalized spacial score (nSPS) is 15.5. The molecule has 0 unspecified atom stereocenters. The average molecular weight is 474 g/mol. The van der Waals surface area contributed by atoms with Gasteiger partial charge in [-0.1, -0.05) is 48.0 Å². The fraction of sp³-hybridized carbons (Fsp3) is 0.227. The van der Waals surface area contributed by atoms with Gasteiger partial charge < -0.3 is 5.32 Å². The molecule has 1 N–H and O–H groups in total. The SMILES string of the molecule is O=C(Nc1cccc2ccccc12)C1CCN(S(=O)(=O)c2cc([N+](=O)[O-])ccc2Cl)CC1. The molecule has 1 fully saturated rings. The lowest BCUT2D eigenvalue weighted by atomic mass is 9.97. The average Bonchev–Trinajstić information content (AvgIpc) is 2.79. The molecule has 166 valence electrons. The van der Waals surface area contributed by atoms with Crippen molar-refractivity contribution in [2.45, 2.75) is 17.7 Å². The van der Waals surface area contributed by atoms with Crippen LogP contribution in [-0.2, 0) is 14.8 Å². The van der Waals surface area contributed by atoms with Gasteiger partial charge in [-0.2, -0.15) is 4.31 Å². The van der Waals surface area contributed by atoms with Gasteiger partial charge in [-0.25, -0.2) is 8.42 Å². The Balaban J connectivity index is 1.46. The summed E-state index contributed by atoms with van der Waals surface area (Å²) in [5.74, 6) is -0.507. The van der Waals surface area contributed by atoms with Crippen molar-refractivity contribution in [1.82, 2.24) is 4.31 Å². The molecule has 0 aromatic heterocycles. The van der Waals surface area contributed by atoms with Gasteiger partial charge in [0.05, 0.1) is 9.95 Å². The first-order valence-electron chi connectivity index (χ1n) is 10.00. The van der Waals surface area contributed by atoms with E-state index in [1.165, 1.54) is 10.4 Å². The third-order valence-corrected chi connectivity index (χ3v) is 8.00. The second-order valence-corrected chi connectivity index (χ2v) is 9.88. The van der Waals surface area contributed by atoms with Crippen molar-refractivity contribution >= 4 is 49.7 Å². The zero-order valence-corrected chi connectivity index (χ0v) is 18.5. The Kier molecular flexibility index (Phi) is 6.14. The summed E-state index contributed by atoms with van der Waals surface area (Å²) in [4.78, 5) is 22.9. The lowest BCUT2D eigenvalue weighted by Crippen LogP contribution is -2.41. The summed E-state index contributed by atoms with van der Waals surface area (Å²) in [7, 11) is -4.02. The highest BCUT2D eigenvalue weighted by atomic mass is 35.5. The number of nitro groups is 1. The van der Waals surface area contributed by atoms with Gasteiger partial charge in [0, 0.05) is 42.2 Å². The van der Waals surface area contributed by atoms with Crippen LogP contribution in [0.25, 0.3) is 10.8 Å². The molecule has 1 aliphatic heterocycles. The number of piperidine rings is 1. The number of amides is 1. The Morgan fingerprint density at radius 2 is 1.75 bits per heavy atom. The van der Waals surface area contributed by atoms with Crippen molar-refractivity contribution in [2.24, 2.45) is 5.92 Å². The standard InChI is InChI=1S/C22H20ClN3O5S/c23-19-9-8-17(26(28)29)14-21(19)32(30,31)25-12-10-16(11-13-25)22(27)24-20-7-3-5-15-4-1-2-6-18(15)20/h1-9,14,16H,10-13H2,(H,24,27). The minimum absolute atomic E-state index is 0.0774. The van der Waals surface area contributed by atoms with Crippen LogP contribution in [0.4, 0.5) is 11.4 Å². The number of hydrogen-bond acceptors (Lipinski definition) is 5. The maximum absolute atomic E-state index is 13.0. The van der Waals surface area contributed by atoms with Crippen LogP contribution in [0.5, 0.6) is 0 Å². The molecule has 10 heteroatoms. The van der Waals surface area contributed by atoms with Crippen molar-refractivity contribution in [3.63, 3.8) is 0 Å². The van der Waals surface area contributed by atoms with E-state index in [1.54, 1.807) is 0 Å². The molecule has 0 atom stereocenters. The summed E-state index contributed by atoms with van der Waals surface area (Å²) in [6.45, 7) is 0.240. The van der Waals surface area contributed by atoms with E-state index in [9.17, 15) is 23.3 Å². The van der Waals surface area contributed by atoms with E-state index in [2.05, 4.69) is 5.32 Å². The molecule has 1 aliphatic rings. The summed E-state index contributed by atoms with van der Waals surface area (Å²) in [6, 6.07) is 16.7. The van der Waals surface area contributed by atoms with E-state index in [0.29, 0.717) is 18.5 Å². The molecule has 32 heavy (non-hydrogen) atoms. The highest BCUT2D eigenvalue weighted by molar-refractivity contribution is 7.89. The number of sulfonamides is 1. The zero-order valence-electron chi connectivity index (χ0n) is 16.9. The van der Waals surface area contributed by atoms with Crippen molar-refractivity contribution in [1.29, 1.82) is 0 Å². The summed E-state index contributed by atoms with van der Waals surface area (Å²) in [5.41, 5.74) is 0.365. The van der Waals surface area contributed by atoms with Crippen molar-refractivity contribution in [3.05, 3.63) is 75.8 Å². The fourth-order valence-electron chi connectivity index (χ4n) is 3.87. The van der Waals surface area contributed by atoms with Gasteiger partial charge in [0.15, 0.2) is 0 Å². The van der Waals surface area contributed by atoms with E-state index in [4.69, 9.17) is 11.6 Å². The second kappa shape index (κ2) is 8.85. The van der Waals surface area contributed by atoms with E-state index < -0.39 is 14.9 Å². The molecule has 1 heterocycles. The highest BCUT2D eigenvalue weighted by Crippen LogP contribution is 2.32. The van der Waals surface area contributed by atoms with Gasteiger partial charge in [-0.05, 0) is 30.4 Å². The van der Waals surface area contributed by atoms with Gasteiger partial charge in [0.1, 0.15) is 4.90 Å². The molecule has 0 spiro atoms. The topological polar surface area (TPSA) is 110 Å². The number of hydrogen-bond donors (Lipinski definition) is 1. The molecule has 1 amide bonds. The van der Waals surface area contributed by atoms with Crippen molar-refractivity contribution in [3.8, 4) is 0 Å². The number of anilines is 1. The summed E-state index contributed by atoms with van der Waals surface area (Å²) < 4.78 is 27.3. The molecule has 1 saturated heterocycles. The monoisotopic (exact) mass is 473 g/mol. The number of carbonyl (C=O) groups is 1. The first kappa shape index (κ1) is 22.2. The first-order valence-corrected chi connectivity index (χ1v) is 11.8. The highest BCUT2D eigenvalue weighted by Gasteiger charge is 2.34. The van der Waals surface area contributed by atoms with Gasteiger partial charge >= 0.3 is 0 Å². The number of rotatable bonds is 5. The molecule has 0 bridgehead atoms. The number of halogens is 1. The molecular formula is C22H20ClN3O5S. The third kappa shape index (κ3) is 4.32. The molecule has 0 radical (unpaired) electrons. The first-order chi connectivity index (χ1) is 15.3. The van der Waals surface area contributed by atoms with Gasteiger partial charge in [-0.3, -0.25) is 14.9 Å². The Morgan fingerprint density at radius 1 is 1.06 bits per heavy atom. The van der Waals surface area contributed by atoms with E-state index in [1.807, 2.05) is 42.5 Å². The molecule has 4 rings (SSSR count). The minimum atomic E-state index is -4.02. The van der Waals surface area contributed by atoms with Crippen LogP contribution in [0.3, 0.4) is 0 Å².